The fraction of sp³-hybridized carbons (Fsp3) is 0.833. The smallest absolute Gasteiger partial charge is 0.307 e. The normalized spacial score (nSPS) is 33.7. The van der Waals surface area contributed by atoms with Gasteiger partial charge in [-0.3, -0.25) is 9.59 Å². The van der Waals surface area contributed by atoms with E-state index < -0.39 is 17.3 Å². The van der Waals surface area contributed by atoms with E-state index in [1.807, 2.05) is 20.8 Å². The lowest BCUT2D eigenvalue weighted by Crippen LogP contribution is -2.51. The Labute approximate surface area is 95.4 Å². The molecule has 0 spiro atoms. The third-order valence-electron chi connectivity index (χ3n) is 4.26. The molecule has 0 saturated heterocycles. The third-order valence-corrected chi connectivity index (χ3v) is 4.26. The van der Waals surface area contributed by atoms with E-state index >= 15 is 0 Å². The van der Waals surface area contributed by atoms with Crippen molar-refractivity contribution in [2.75, 3.05) is 0 Å². The lowest BCUT2D eigenvalue weighted by molar-refractivity contribution is -0.140. The highest BCUT2D eigenvalue weighted by atomic mass is 16.4. The van der Waals surface area contributed by atoms with Crippen molar-refractivity contribution < 1.29 is 14.7 Å². The van der Waals surface area contributed by atoms with Gasteiger partial charge in [0.1, 0.15) is 0 Å². The molecule has 90 valence electrons. The summed E-state index contributed by atoms with van der Waals surface area (Å²) in [5.41, 5.74) is -0.477. The van der Waals surface area contributed by atoms with Crippen LogP contribution in [0.1, 0.15) is 40.0 Å². The van der Waals surface area contributed by atoms with Crippen molar-refractivity contribution in [2.45, 2.75) is 45.6 Å². The molecule has 2 aliphatic carbocycles. The summed E-state index contributed by atoms with van der Waals surface area (Å²) < 4.78 is 0. The molecule has 16 heavy (non-hydrogen) atoms. The number of amides is 1. The van der Waals surface area contributed by atoms with E-state index in [1.54, 1.807) is 0 Å². The van der Waals surface area contributed by atoms with E-state index in [9.17, 15) is 9.59 Å². The van der Waals surface area contributed by atoms with Gasteiger partial charge in [0, 0.05) is 5.54 Å². The molecule has 2 fully saturated rings. The van der Waals surface area contributed by atoms with Gasteiger partial charge in [0.15, 0.2) is 0 Å². The van der Waals surface area contributed by atoms with Crippen molar-refractivity contribution in [3.05, 3.63) is 0 Å². The average Bonchev–Trinajstić information content (AvgIpc) is 2.66. The van der Waals surface area contributed by atoms with Gasteiger partial charge in [-0.15, -0.1) is 0 Å². The number of carboxylic acids is 1. The highest BCUT2D eigenvalue weighted by Crippen LogP contribution is 2.58. The van der Waals surface area contributed by atoms with Gasteiger partial charge in [-0.1, -0.05) is 13.8 Å². The van der Waals surface area contributed by atoms with Crippen LogP contribution >= 0.6 is 0 Å². The van der Waals surface area contributed by atoms with E-state index in [0.29, 0.717) is 0 Å². The van der Waals surface area contributed by atoms with Crippen LogP contribution in [-0.4, -0.2) is 22.5 Å². The second-order valence-corrected chi connectivity index (χ2v) is 6.02. The van der Waals surface area contributed by atoms with Crippen LogP contribution in [0.5, 0.6) is 0 Å². The Bertz CT molecular complexity index is 344. The summed E-state index contributed by atoms with van der Waals surface area (Å²) in [5, 5.41) is 12.0. The zero-order chi connectivity index (χ0) is 12.1. The highest BCUT2D eigenvalue weighted by molar-refractivity contribution is 5.92. The summed E-state index contributed by atoms with van der Waals surface area (Å²) in [6, 6.07) is 0. The summed E-state index contributed by atoms with van der Waals surface area (Å²) in [7, 11) is 0. The first kappa shape index (κ1) is 11.4. The summed E-state index contributed by atoms with van der Waals surface area (Å²) in [6.45, 7) is 5.72. The Morgan fingerprint density at radius 3 is 2.06 bits per heavy atom. The predicted octanol–water partition coefficient (Wildman–Crippen LogP) is 1.40. The van der Waals surface area contributed by atoms with Crippen LogP contribution < -0.4 is 5.32 Å². The van der Waals surface area contributed by atoms with E-state index in [-0.39, 0.29) is 17.4 Å². The second kappa shape index (κ2) is 3.22. The molecule has 0 aromatic heterocycles. The number of carbonyl (C=O) groups is 2. The third kappa shape index (κ3) is 1.60. The fourth-order valence-electron chi connectivity index (χ4n) is 2.80. The quantitative estimate of drug-likeness (QED) is 0.763. The van der Waals surface area contributed by atoms with Crippen LogP contribution in [-0.2, 0) is 9.59 Å². The molecule has 4 nitrogen and oxygen atoms in total. The minimum absolute atomic E-state index is 0.0837. The zero-order valence-corrected chi connectivity index (χ0v) is 10.0. The van der Waals surface area contributed by atoms with Crippen molar-refractivity contribution in [1.82, 2.24) is 5.32 Å². The molecule has 0 bridgehead atoms. The second-order valence-electron chi connectivity index (χ2n) is 6.02. The molecule has 0 heterocycles. The van der Waals surface area contributed by atoms with Crippen molar-refractivity contribution in [1.29, 1.82) is 0 Å². The molecule has 0 aromatic rings. The zero-order valence-electron chi connectivity index (χ0n) is 10.0. The molecule has 0 aliphatic heterocycles. The number of nitrogens with one attached hydrogen (secondary N) is 1. The summed E-state index contributed by atoms with van der Waals surface area (Å²) in [4.78, 5) is 22.9. The Morgan fingerprint density at radius 1 is 1.19 bits per heavy atom. The van der Waals surface area contributed by atoms with Crippen molar-refractivity contribution in [3.8, 4) is 0 Å². The molecular weight excluding hydrogens is 206 g/mol. The predicted molar refractivity (Wildman–Crippen MR) is 58.8 cm³/mol. The van der Waals surface area contributed by atoms with E-state index in [0.717, 1.165) is 19.3 Å². The maximum Gasteiger partial charge on any atom is 0.307 e. The van der Waals surface area contributed by atoms with Crippen molar-refractivity contribution in [3.63, 3.8) is 0 Å². The van der Waals surface area contributed by atoms with Gasteiger partial charge in [0.25, 0.3) is 0 Å². The van der Waals surface area contributed by atoms with Crippen LogP contribution in [0.2, 0.25) is 0 Å². The van der Waals surface area contributed by atoms with Crippen molar-refractivity contribution in [2.24, 2.45) is 17.3 Å². The maximum absolute atomic E-state index is 12.0. The van der Waals surface area contributed by atoms with Crippen LogP contribution in [0.25, 0.3) is 0 Å². The van der Waals surface area contributed by atoms with E-state index in [2.05, 4.69) is 5.32 Å². The van der Waals surface area contributed by atoms with Gasteiger partial charge in [0.2, 0.25) is 5.91 Å². The van der Waals surface area contributed by atoms with E-state index in [1.165, 1.54) is 0 Å². The molecule has 2 saturated carbocycles. The molecule has 0 aromatic carbocycles. The summed E-state index contributed by atoms with van der Waals surface area (Å²) in [6.07, 6.45) is 3.15. The minimum atomic E-state index is -0.857. The number of hydrogen-bond acceptors (Lipinski definition) is 2. The van der Waals surface area contributed by atoms with Gasteiger partial charge in [-0.25, -0.2) is 0 Å². The van der Waals surface area contributed by atoms with E-state index in [4.69, 9.17) is 5.11 Å². The van der Waals surface area contributed by atoms with Gasteiger partial charge in [-0.05, 0) is 31.6 Å². The van der Waals surface area contributed by atoms with Crippen molar-refractivity contribution >= 4 is 11.9 Å². The largest absolute Gasteiger partial charge is 0.481 e. The molecule has 1 amide bonds. The average molecular weight is 225 g/mol. The van der Waals surface area contributed by atoms with Crippen LogP contribution in [0.4, 0.5) is 0 Å². The van der Waals surface area contributed by atoms with Gasteiger partial charge in [-0.2, -0.15) is 0 Å². The minimum Gasteiger partial charge on any atom is -0.481 e. The topological polar surface area (TPSA) is 66.4 Å². The molecule has 0 radical (unpaired) electrons. The summed E-state index contributed by atoms with van der Waals surface area (Å²) >= 11 is 0. The monoisotopic (exact) mass is 225 g/mol. The number of aliphatic carboxylic acids is 1. The molecular formula is C12H19NO3. The molecule has 4 heteroatoms. The highest BCUT2D eigenvalue weighted by Gasteiger charge is 2.66. The Hall–Kier alpha value is -1.06. The number of carboxylic acid groups (broad SMARTS) is 1. The summed E-state index contributed by atoms with van der Waals surface area (Å²) in [5.74, 6) is -1.82. The Kier molecular flexibility index (Phi) is 2.30. The Morgan fingerprint density at radius 2 is 1.75 bits per heavy atom. The lowest BCUT2D eigenvalue weighted by Gasteiger charge is -2.39. The SMILES string of the molecule is CC1(NC(=O)[C@H]2[C@@H](C(=O)O)C2(C)C)CCC1. The number of carbonyl (C=O) groups excluding carboxylic acids is 1. The van der Waals surface area contributed by atoms with Gasteiger partial charge < -0.3 is 10.4 Å². The van der Waals surface area contributed by atoms with Gasteiger partial charge >= 0.3 is 5.97 Å². The fourth-order valence-corrected chi connectivity index (χ4v) is 2.80. The lowest BCUT2D eigenvalue weighted by atomic mass is 9.78. The first-order chi connectivity index (χ1) is 7.28. The van der Waals surface area contributed by atoms with Crippen LogP contribution in [0.15, 0.2) is 0 Å². The van der Waals surface area contributed by atoms with Crippen LogP contribution in [0.3, 0.4) is 0 Å². The standard InChI is InChI=1S/C12H19NO3/c1-11(2)7(8(11)10(15)16)9(14)13-12(3)5-4-6-12/h7-8H,4-6H2,1-3H3,(H,13,14)(H,15,16)/t7-,8+/m1/s1. The van der Waals surface area contributed by atoms with Gasteiger partial charge in [0.05, 0.1) is 11.8 Å². The van der Waals surface area contributed by atoms with Crippen LogP contribution in [0, 0.1) is 17.3 Å². The Balaban J connectivity index is 1.99. The molecule has 2 atom stereocenters. The number of hydrogen-bond donors (Lipinski definition) is 2. The molecule has 2 aliphatic rings. The molecule has 2 N–H and O–H groups in total. The number of rotatable bonds is 3. The maximum atomic E-state index is 12.0. The first-order valence-corrected chi connectivity index (χ1v) is 5.83. The first-order valence-electron chi connectivity index (χ1n) is 5.83. The molecule has 2 rings (SSSR count). The molecule has 0 unspecified atom stereocenters.